The van der Waals surface area contributed by atoms with Crippen LogP contribution in [0.2, 0.25) is 0 Å². The van der Waals surface area contributed by atoms with E-state index in [1.54, 1.807) is 12.1 Å². The fraction of sp³-hybridized carbons (Fsp3) is 0.250. The van der Waals surface area contributed by atoms with Crippen molar-refractivity contribution in [3.63, 3.8) is 0 Å². The van der Waals surface area contributed by atoms with Gasteiger partial charge in [-0.3, -0.25) is 0 Å². The van der Waals surface area contributed by atoms with Crippen LogP contribution in [0.1, 0.15) is 12.0 Å². The number of rotatable bonds is 3. The molecule has 3 rings (SSSR count). The van der Waals surface area contributed by atoms with Crippen LogP contribution in [0.15, 0.2) is 41.7 Å². The maximum Gasteiger partial charge on any atom is 0.458 e. The Morgan fingerprint density at radius 3 is 2.60 bits per heavy atom. The summed E-state index contributed by atoms with van der Waals surface area (Å²) in [5, 5.41) is 12.6. The lowest BCUT2D eigenvalue weighted by Gasteiger charge is -2.22. The van der Waals surface area contributed by atoms with Crippen molar-refractivity contribution in [3.05, 3.63) is 47.9 Å². The second-order valence-electron chi connectivity index (χ2n) is 5.34. The van der Waals surface area contributed by atoms with Gasteiger partial charge in [0.15, 0.2) is 0 Å². The van der Waals surface area contributed by atoms with Gasteiger partial charge in [0, 0.05) is 17.3 Å². The van der Waals surface area contributed by atoms with Gasteiger partial charge < -0.3 is 14.7 Å². The second-order valence-corrected chi connectivity index (χ2v) is 5.34. The van der Waals surface area contributed by atoms with Crippen LogP contribution in [0.4, 0.5) is 17.6 Å². The van der Waals surface area contributed by atoms with Gasteiger partial charge in [-0.2, -0.15) is 13.2 Å². The van der Waals surface area contributed by atoms with E-state index >= 15 is 0 Å². The Hall–Kier alpha value is -2.68. The first-order valence-electron chi connectivity index (χ1n) is 7.08. The normalized spacial score (nSPS) is 20.2. The summed E-state index contributed by atoms with van der Waals surface area (Å²) in [6.45, 7) is 0. The van der Waals surface area contributed by atoms with Crippen molar-refractivity contribution >= 4 is 5.71 Å². The van der Waals surface area contributed by atoms with E-state index in [2.05, 4.69) is 15.0 Å². The lowest BCUT2D eigenvalue weighted by atomic mass is 9.98. The Bertz CT molecular complexity index is 838. The Morgan fingerprint density at radius 1 is 1.24 bits per heavy atom. The highest BCUT2D eigenvalue weighted by atomic mass is 19.4. The third-order valence-corrected chi connectivity index (χ3v) is 3.71. The molecule has 0 saturated heterocycles. The minimum absolute atomic E-state index is 0.188. The predicted molar refractivity (Wildman–Crippen MR) is 79.4 cm³/mol. The molecule has 0 radical (unpaired) electrons. The molecule has 132 valence electrons. The van der Waals surface area contributed by atoms with E-state index < -0.39 is 24.2 Å². The SMILES string of the molecule is COc1ncccc1-c1ccc(C2=NOC(O)(C(F)(F)F)C2)c(F)c1. The summed E-state index contributed by atoms with van der Waals surface area (Å²) in [5.41, 5.74) is 0.428. The van der Waals surface area contributed by atoms with Crippen LogP contribution in [0.3, 0.4) is 0 Å². The highest BCUT2D eigenvalue weighted by molar-refractivity contribution is 6.02. The van der Waals surface area contributed by atoms with Crippen LogP contribution in [0.25, 0.3) is 11.1 Å². The van der Waals surface area contributed by atoms with Gasteiger partial charge in [-0.25, -0.2) is 9.37 Å². The van der Waals surface area contributed by atoms with Crippen LogP contribution in [-0.2, 0) is 4.84 Å². The van der Waals surface area contributed by atoms with Crippen LogP contribution >= 0.6 is 0 Å². The molecule has 9 heteroatoms. The van der Waals surface area contributed by atoms with Crippen molar-refractivity contribution in [3.8, 4) is 17.0 Å². The van der Waals surface area contributed by atoms with Crippen LogP contribution in [-0.4, -0.2) is 34.9 Å². The molecule has 0 spiro atoms. The molecular formula is C16H12F4N2O3. The molecule has 1 aromatic carbocycles. The number of benzene rings is 1. The zero-order valence-corrected chi connectivity index (χ0v) is 12.8. The number of oxime groups is 1. The summed E-state index contributed by atoms with van der Waals surface area (Å²) < 4.78 is 57.7. The molecule has 1 N–H and O–H groups in total. The monoisotopic (exact) mass is 356 g/mol. The topological polar surface area (TPSA) is 63.9 Å². The molecule has 0 aliphatic carbocycles. The Kier molecular flexibility index (Phi) is 4.11. The Balaban J connectivity index is 1.92. The average molecular weight is 356 g/mol. The number of alkyl halides is 3. The number of aliphatic hydroxyl groups is 1. The molecule has 0 amide bonds. The maximum atomic E-state index is 14.4. The van der Waals surface area contributed by atoms with Crippen molar-refractivity contribution in [2.75, 3.05) is 7.11 Å². The second kappa shape index (κ2) is 5.99. The molecule has 0 saturated carbocycles. The van der Waals surface area contributed by atoms with Crippen molar-refractivity contribution in [1.82, 2.24) is 4.98 Å². The van der Waals surface area contributed by atoms with E-state index in [4.69, 9.17) is 4.74 Å². The molecule has 2 heterocycles. The Labute approximate surface area is 139 Å². The molecule has 1 unspecified atom stereocenters. The van der Waals surface area contributed by atoms with Crippen LogP contribution in [0.5, 0.6) is 5.88 Å². The molecule has 1 aliphatic rings. The number of nitrogens with zero attached hydrogens (tertiary/aromatic N) is 2. The third-order valence-electron chi connectivity index (χ3n) is 3.71. The quantitative estimate of drug-likeness (QED) is 0.858. The van der Waals surface area contributed by atoms with Gasteiger partial charge in [0.2, 0.25) is 5.88 Å². The number of ether oxygens (including phenoxy) is 1. The van der Waals surface area contributed by atoms with E-state index in [-0.39, 0.29) is 17.2 Å². The lowest BCUT2D eigenvalue weighted by molar-refractivity contribution is -0.355. The van der Waals surface area contributed by atoms with Gasteiger partial charge in [-0.15, -0.1) is 0 Å². The number of halogens is 4. The van der Waals surface area contributed by atoms with Gasteiger partial charge >= 0.3 is 12.0 Å². The molecule has 1 atom stereocenters. The average Bonchev–Trinajstić information content (AvgIpc) is 2.98. The number of hydrogen-bond acceptors (Lipinski definition) is 5. The fourth-order valence-corrected chi connectivity index (χ4v) is 2.41. The Morgan fingerprint density at radius 2 is 2.00 bits per heavy atom. The molecule has 1 aliphatic heterocycles. The van der Waals surface area contributed by atoms with Gasteiger partial charge in [-0.05, 0) is 29.8 Å². The standard InChI is InChI=1S/C16H12F4N2O3/c1-24-14-10(3-2-6-21-14)9-4-5-11(12(17)7-9)13-8-15(23,25-22-13)16(18,19)20/h2-7,23H,8H2,1H3. The highest BCUT2D eigenvalue weighted by Gasteiger charge is 2.60. The van der Waals surface area contributed by atoms with E-state index in [0.29, 0.717) is 11.1 Å². The first kappa shape index (κ1) is 17.2. The minimum atomic E-state index is -5.04. The molecule has 5 nitrogen and oxygen atoms in total. The molecule has 0 fully saturated rings. The minimum Gasteiger partial charge on any atom is -0.481 e. The van der Waals surface area contributed by atoms with E-state index in [9.17, 15) is 22.7 Å². The predicted octanol–water partition coefficient (Wildman–Crippen LogP) is 3.27. The van der Waals surface area contributed by atoms with Crippen molar-refractivity contribution in [1.29, 1.82) is 0 Å². The first-order valence-corrected chi connectivity index (χ1v) is 7.08. The van der Waals surface area contributed by atoms with Gasteiger partial charge in [0.25, 0.3) is 0 Å². The summed E-state index contributed by atoms with van der Waals surface area (Å²) in [5.74, 6) is -3.97. The van der Waals surface area contributed by atoms with Crippen molar-refractivity contribution < 1.29 is 32.2 Å². The molecule has 1 aromatic heterocycles. The fourth-order valence-electron chi connectivity index (χ4n) is 2.41. The van der Waals surface area contributed by atoms with Gasteiger partial charge in [-0.1, -0.05) is 11.2 Å². The summed E-state index contributed by atoms with van der Waals surface area (Å²) in [6.07, 6.45) is -4.53. The van der Waals surface area contributed by atoms with Crippen LogP contribution < -0.4 is 4.74 Å². The molecule has 2 aromatic rings. The zero-order valence-electron chi connectivity index (χ0n) is 12.8. The van der Waals surface area contributed by atoms with Gasteiger partial charge in [0.05, 0.1) is 19.2 Å². The summed E-state index contributed by atoms with van der Waals surface area (Å²) in [6, 6.07) is 7.19. The first-order chi connectivity index (χ1) is 11.7. The highest BCUT2D eigenvalue weighted by Crippen LogP contribution is 2.39. The number of aromatic nitrogens is 1. The van der Waals surface area contributed by atoms with E-state index in [0.717, 1.165) is 6.07 Å². The summed E-state index contributed by atoms with van der Waals surface area (Å²) in [7, 11) is 1.42. The third kappa shape index (κ3) is 3.02. The van der Waals surface area contributed by atoms with Crippen molar-refractivity contribution in [2.45, 2.75) is 18.4 Å². The van der Waals surface area contributed by atoms with Crippen molar-refractivity contribution in [2.24, 2.45) is 5.16 Å². The zero-order chi connectivity index (χ0) is 18.2. The molecular weight excluding hydrogens is 344 g/mol. The largest absolute Gasteiger partial charge is 0.481 e. The van der Waals surface area contributed by atoms with E-state index in [1.807, 2.05) is 0 Å². The smallest absolute Gasteiger partial charge is 0.458 e. The summed E-state index contributed by atoms with van der Waals surface area (Å²) >= 11 is 0. The van der Waals surface area contributed by atoms with Crippen LogP contribution in [0, 0.1) is 5.82 Å². The maximum absolute atomic E-state index is 14.4. The number of pyridine rings is 1. The molecule has 0 bridgehead atoms. The number of hydrogen-bond donors (Lipinski definition) is 1. The van der Waals surface area contributed by atoms with Gasteiger partial charge in [0.1, 0.15) is 5.82 Å². The lowest BCUT2D eigenvalue weighted by Crippen LogP contribution is -2.45. The summed E-state index contributed by atoms with van der Waals surface area (Å²) in [4.78, 5) is 8.10. The number of methoxy groups -OCH3 is 1. The molecule has 25 heavy (non-hydrogen) atoms. The van der Waals surface area contributed by atoms with E-state index in [1.165, 1.54) is 25.4 Å².